The Morgan fingerprint density at radius 1 is 1.11 bits per heavy atom. The summed E-state index contributed by atoms with van der Waals surface area (Å²) in [4.78, 5) is 29.2. The van der Waals surface area contributed by atoms with Gasteiger partial charge in [0, 0.05) is 38.2 Å². The van der Waals surface area contributed by atoms with E-state index < -0.39 is 11.9 Å². The minimum absolute atomic E-state index is 0.0629. The molecule has 3 heterocycles. The lowest BCUT2D eigenvalue weighted by Crippen LogP contribution is -2.49. The second-order valence-electron chi connectivity index (χ2n) is 8.71. The third-order valence-corrected chi connectivity index (χ3v) is 6.28. The van der Waals surface area contributed by atoms with Crippen LogP contribution in [-0.2, 0) is 11.2 Å². The largest absolute Gasteiger partial charge is 0.489 e. The van der Waals surface area contributed by atoms with Gasteiger partial charge in [-0.3, -0.25) is 15.0 Å². The highest BCUT2D eigenvalue weighted by atomic mass is 16.5. The monoisotopic (exact) mass is 489 g/mol. The third kappa shape index (κ3) is 4.94. The molecule has 1 aromatic heterocycles. The van der Waals surface area contributed by atoms with Gasteiger partial charge in [-0.15, -0.1) is 0 Å². The second kappa shape index (κ2) is 10.2. The van der Waals surface area contributed by atoms with Crippen molar-refractivity contribution in [2.45, 2.75) is 12.5 Å². The smallest absolute Gasteiger partial charge is 0.274 e. The van der Waals surface area contributed by atoms with Gasteiger partial charge >= 0.3 is 0 Å². The summed E-state index contributed by atoms with van der Waals surface area (Å²) in [5.74, 6) is 0.683. The number of hydrogen-bond donors (Lipinski definition) is 2. The van der Waals surface area contributed by atoms with Gasteiger partial charge in [-0.25, -0.2) is 0 Å². The zero-order chi connectivity index (χ0) is 25.1. The topological polar surface area (TPSA) is 121 Å². The van der Waals surface area contributed by atoms with Crippen molar-refractivity contribution in [1.29, 1.82) is 5.41 Å². The Labute approximate surface area is 208 Å². The summed E-state index contributed by atoms with van der Waals surface area (Å²) in [5.41, 5.74) is 2.28. The number of hydrogen-bond acceptors (Lipinski definition) is 7. The summed E-state index contributed by atoms with van der Waals surface area (Å²) in [6.45, 7) is 2.19. The van der Waals surface area contributed by atoms with E-state index >= 15 is 0 Å². The van der Waals surface area contributed by atoms with E-state index in [4.69, 9.17) is 19.4 Å². The van der Waals surface area contributed by atoms with E-state index in [1.165, 1.54) is 0 Å². The van der Waals surface area contributed by atoms with Crippen LogP contribution in [0.25, 0.3) is 0 Å². The molecule has 2 aliphatic rings. The number of rotatable bonds is 5. The average molecular weight is 490 g/mol. The van der Waals surface area contributed by atoms with E-state index in [2.05, 4.69) is 10.5 Å². The maximum Gasteiger partial charge on any atom is 0.274 e. The molecule has 1 fully saturated rings. The predicted molar refractivity (Wildman–Crippen MR) is 132 cm³/mol. The van der Waals surface area contributed by atoms with Gasteiger partial charge in [0.15, 0.2) is 5.69 Å². The summed E-state index contributed by atoms with van der Waals surface area (Å²) in [6.07, 6.45) is 0.521. The zero-order valence-electron chi connectivity index (χ0n) is 19.9. The molecule has 10 heteroatoms. The van der Waals surface area contributed by atoms with Crippen LogP contribution >= 0.6 is 0 Å². The van der Waals surface area contributed by atoms with Gasteiger partial charge in [0.25, 0.3) is 11.8 Å². The fraction of sp³-hybridized carbons (Fsp3) is 0.308. The van der Waals surface area contributed by atoms with Gasteiger partial charge in [0.2, 0.25) is 0 Å². The molecular formula is C26H27N5O5. The number of benzene rings is 2. The summed E-state index contributed by atoms with van der Waals surface area (Å²) in [7, 11) is 1.71. The minimum Gasteiger partial charge on any atom is -0.489 e. The van der Waals surface area contributed by atoms with Crippen LogP contribution in [0, 0.1) is 5.41 Å². The van der Waals surface area contributed by atoms with Gasteiger partial charge in [-0.05, 0) is 23.8 Å². The van der Waals surface area contributed by atoms with Crippen LogP contribution in [0.1, 0.15) is 32.2 Å². The summed E-state index contributed by atoms with van der Waals surface area (Å²) in [5, 5.41) is 15.4. The molecule has 0 aliphatic carbocycles. The molecule has 1 atom stereocenters. The first kappa shape index (κ1) is 23.6. The molecule has 1 saturated heterocycles. The summed E-state index contributed by atoms with van der Waals surface area (Å²) >= 11 is 0. The molecule has 2 N–H and O–H groups in total. The molecule has 0 bridgehead atoms. The third-order valence-electron chi connectivity index (χ3n) is 6.28. The Bertz CT molecular complexity index is 1270. The van der Waals surface area contributed by atoms with E-state index in [0.717, 1.165) is 5.56 Å². The Hall–Kier alpha value is -4.18. The maximum atomic E-state index is 12.9. The van der Waals surface area contributed by atoms with E-state index in [0.29, 0.717) is 55.5 Å². The van der Waals surface area contributed by atoms with Crippen molar-refractivity contribution in [2.24, 2.45) is 0 Å². The number of nitrogens with zero attached hydrogens (tertiary/aromatic N) is 3. The van der Waals surface area contributed by atoms with Crippen molar-refractivity contribution in [3.05, 3.63) is 77.2 Å². The van der Waals surface area contributed by atoms with Crippen molar-refractivity contribution < 1.29 is 23.6 Å². The molecule has 2 aromatic carbocycles. The van der Waals surface area contributed by atoms with Crippen LogP contribution in [0.4, 0.5) is 5.69 Å². The number of anilines is 1. The Balaban J connectivity index is 1.27. The number of carbonyl (C=O) groups excluding carboxylic acids is 2. The number of aromatic nitrogens is 1. The number of ether oxygens (including phenoxy) is 2. The maximum absolute atomic E-state index is 12.9. The van der Waals surface area contributed by atoms with E-state index in [9.17, 15) is 9.59 Å². The van der Waals surface area contributed by atoms with Gasteiger partial charge in [0.05, 0.1) is 18.9 Å². The lowest BCUT2D eigenvalue weighted by atomic mass is 10.1. The molecule has 36 heavy (non-hydrogen) atoms. The van der Waals surface area contributed by atoms with Crippen LogP contribution in [-0.4, -0.2) is 73.7 Å². The minimum atomic E-state index is -0.720. The normalized spacial score (nSPS) is 17.7. The van der Waals surface area contributed by atoms with Crippen molar-refractivity contribution in [1.82, 2.24) is 15.4 Å². The average Bonchev–Trinajstić information content (AvgIpc) is 3.35. The number of fused-ring (bicyclic) bond motifs is 1. The highest BCUT2D eigenvalue weighted by molar-refractivity contribution is 6.05. The molecule has 186 valence electrons. The molecule has 0 unspecified atom stereocenters. The van der Waals surface area contributed by atoms with Crippen LogP contribution in [0.5, 0.6) is 5.75 Å². The first-order valence-corrected chi connectivity index (χ1v) is 11.8. The van der Waals surface area contributed by atoms with Crippen LogP contribution in [0.2, 0.25) is 0 Å². The van der Waals surface area contributed by atoms with Crippen molar-refractivity contribution >= 4 is 23.3 Å². The number of amides is 2. The first-order chi connectivity index (χ1) is 17.5. The van der Waals surface area contributed by atoms with Crippen molar-refractivity contribution in [2.75, 3.05) is 44.9 Å². The van der Waals surface area contributed by atoms with Gasteiger partial charge in [-0.1, -0.05) is 35.5 Å². The Morgan fingerprint density at radius 3 is 2.67 bits per heavy atom. The number of likely N-dealkylation sites (N-methyl/N-ethyl adjacent to an activating group) is 1. The fourth-order valence-corrected chi connectivity index (χ4v) is 4.24. The van der Waals surface area contributed by atoms with Crippen molar-refractivity contribution in [3.8, 4) is 5.75 Å². The first-order valence-electron chi connectivity index (χ1n) is 11.8. The summed E-state index contributed by atoms with van der Waals surface area (Å²) in [6, 6.07) is 15.8. The zero-order valence-corrected chi connectivity index (χ0v) is 19.9. The highest BCUT2D eigenvalue weighted by Crippen LogP contribution is 2.32. The van der Waals surface area contributed by atoms with Crippen molar-refractivity contribution in [3.63, 3.8) is 0 Å². The molecule has 2 amide bonds. The van der Waals surface area contributed by atoms with Gasteiger partial charge in [0.1, 0.15) is 30.0 Å². The van der Waals surface area contributed by atoms with Crippen LogP contribution in [0.3, 0.4) is 0 Å². The van der Waals surface area contributed by atoms with E-state index in [1.54, 1.807) is 41.1 Å². The molecule has 5 rings (SSSR count). The molecule has 0 saturated carbocycles. The molecule has 0 spiro atoms. The number of amidine groups is 1. The van der Waals surface area contributed by atoms with E-state index in [-0.39, 0.29) is 24.0 Å². The summed E-state index contributed by atoms with van der Waals surface area (Å²) < 4.78 is 16.6. The standard InChI is InChI=1S/C26H27N5O5/c1-30-22-14-18(26(33)31-9-11-34-12-10-31)7-8-23(22)35-16-21(24(30)27)28-25(32)20-15-19(36-29-20)13-17-5-3-2-4-6-17/h2-8,14-15,21,27H,9-13,16H2,1H3,(H,28,32)/t21-/m0/s1. The Morgan fingerprint density at radius 2 is 1.89 bits per heavy atom. The molecular weight excluding hydrogens is 462 g/mol. The SMILES string of the molecule is CN1C(=N)[C@@H](NC(=O)c2cc(Cc3ccccc3)on2)COc2ccc(C(=O)N3CCOCC3)cc21. The van der Waals surface area contributed by atoms with Gasteiger partial charge < -0.3 is 29.1 Å². The lowest BCUT2D eigenvalue weighted by Gasteiger charge is -2.27. The highest BCUT2D eigenvalue weighted by Gasteiger charge is 2.30. The van der Waals surface area contributed by atoms with Crippen LogP contribution in [0.15, 0.2) is 59.1 Å². The van der Waals surface area contributed by atoms with E-state index in [1.807, 2.05) is 30.3 Å². The predicted octanol–water partition coefficient (Wildman–Crippen LogP) is 2.34. The van der Waals surface area contributed by atoms with Gasteiger partial charge in [-0.2, -0.15) is 0 Å². The molecule has 0 radical (unpaired) electrons. The quantitative estimate of drug-likeness (QED) is 0.564. The number of morpholine rings is 1. The molecule has 3 aromatic rings. The molecule has 2 aliphatic heterocycles. The number of nitrogens with one attached hydrogen (secondary N) is 2. The fourth-order valence-electron chi connectivity index (χ4n) is 4.24. The molecule has 10 nitrogen and oxygen atoms in total. The lowest BCUT2D eigenvalue weighted by molar-refractivity contribution is 0.0303. The van der Waals surface area contributed by atoms with Crippen LogP contribution < -0.4 is 15.0 Å². The Kier molecular flexibility index (Phi) is 6.68. The second-order valence-corrected chi connectivity index (χ2v) is 8.71. The number of carbonyl (C=O) groups is 2.